The summed E-state index contributed by atoms with van der Waals surface area (Å²) in [6.45, 7) is 0.763. The molecule has 0 heterocycles. The minimum atomic E-state index is -0.658. The second kappa shape index (κ2) is 11.1. The predicted molar refractivity (Wildman–Crippen MR) is 115 cm³/mol. The van der Waals surface area contributed by atoms with Gasteiger partial charge in [0.05, 0.1) is 6.10 Å². The molecular formula is C24H27NO4. The number of anilines is 1. The Balaban J connectivity index is 1.46. The van der Waals surface area contributed by atoms with Crippen molar-refractivity contribution in [1.29, 1.82) is 0 Å². The van der Waals surface area contributed by atoms with E-state index in [2.05, 4.69) is 5.32 Å². The molecule has 152 valence electrons. The Kier molecular flexibility index (Phi) is 7.92. The summed E-state index contributed by atoms with van der Waals surface area (Å²) in [6.07, 6.45) is -0.841. The lowest BCUT2D eigenvalue weighted by Crippen LogP contribution is -2.27. The van der Waals surface area contributed by atoms with E-state index >= 15 is 0 Å². The zero-order valence-corrected chi connectivity index (χ0v) is 16.3. The molecule has 0 aliphatic rings. The van der Waals surface area contributed by atoms with Crippen LogP contribution in [0.25, 0.3) is 0 Å². The molecule has 3 N–H and O–H groups in total. The van der Waals surface area contributed by atoms with Crippen LogP contribution >= 0.6 is 0 Å². The SMILES string of the molecule is OC(CNc1ccccc1CC(O)COc1ccccc1)COc1ccccc1. The Hall–Kier alpha value is -3.02. The van der Waals surface area contributed by atoms with Crippen LogP contribution in [-0.2, 0) is 6.42 Å². The fourth-order valence-corrected chi connectivity index (χ4v) is 2.89. The van der Waals surface area contributed by atoms with E-state index in [1.807, 2.05) is 84.9 Å². The highest BCUT2D eigenvalue weighted by Gasteiger charge is 2.12. The molecule has 0 amide bonds. The summed E-state index contributed by atoms with van der Waals surface area (Å²) < 4.78 is 11.2. The Morgan fingerprint density at radius 1 is 0.655 bits per heavy atom. The van der Waals surface area contributed by atoms with Gasteiger partial charge in [-0.2, -0.15) is 0 Å². The van der Waals surface area contributed by atoms with Gasteiger partial charge in [0, 0.05) is 18.7 Å². The fraction of sp³-hybridized carbons (Fsp3) is 0.250. The highest BCUT2D eigenvalue weighted by Crippen LogP contribution is 2.18. The number of nitrogens with one attached hydrogen (secondary N) is 1. The smallest absolute Gasteiger partial charge is 0.119 e. The van der Waals surface area contributed by atoms with Crippen molar-refractivity contribution < 1.29 is 19.7 Å². The van der Waals surface area contributed by atoms with Gasteiger partial charge in [-0.15, -0.1) is 0 Å². The van der Waals surface area contributed by atoms with Crippen molar-refractivity contribution in [3.8, 4) is 11.5 Å². The van der Waals surface area contributed by atoms with Crippen LogP contribution in [0.4, 0.5) is 5.69 Å². The van der Waals surface area contributed by atoms with E-state index in [1.165, 1.54) is 0 Å². The third kappa shape index (κ3) is 7.14. The highest BCUT2D eigenvalue weighted by molar-refractivity contribution is 5.51. The number of hydrogen-bond acceptors (Lipinski definition) is 5. The lowest BCUT2D eigenvalue weighted by molar-refractivity contribution is 0.108. The van der Waals surface area contributed by atoms with Gasteiger partial charge < -0.3 is 25.0 Å². The Bertz CT molecular complexity index is 842. The van der Waals surface area contributed by atoms with Gasteiger partial charge in [0.2, 0.25) is 0 Å². The zero-order chi connectivity index (χ0) is 20.3. The summed E-state index contributed by atoms with van der Waals surface area (Å²) in [7, 11) is 0. The molecule has 3 rings (SSSR count). The molecule has 29 heavy (non-hydrogen) atoms. The van der Waals surface area contributed by atoms with Gasteiger partial charge in [-0.25, -0.2) is 0 Å². The molecule has 2 unspecified atom stereocenters. The standard InChI is InChI=1S/C24H27NO4/c26-20(17-28-22-10-3-1-4-11-22)15-19-9-7-8-14-24(19)25-16-21(27)18-29-23-12-5-2-6-13-23/h1-14,20-21,25-27H,15-18H2. The number of para-hydroxylation sites is 3. The van der Waals surface area contributed by atoms with Crippen LogP contribution < -0.4 is 14.8 Å². The average Bonchev–Trinajstić information content (AvgIpc) is 2.77. The van der Waals surface area contributed by atoms with Gasteiger partial charge in [-0.1, -0.05) is 54.6 Å². The molecule has 2 atom stereocenters. The van der Waals surface area contributed by atoms with Gasteiger partial charge >= 0.3 is 0 Å². The molecule has 0 saturated heterocycles. The summed E-state index contributed by atoms with van der Waals surface area (Å²) in [5.41, 5.74) is 1.85. The first-order chi connectivity index (χ1) is 14.2. The summed E-state index contributed by atoms with van der Waals surface area (Å²) in [6, 6.07) is 26.6. The number of rotatable bonds is 11. The topological polar surface area (TPSA) is 71.0 Å². The average molecular weight is 393 g/mol. The summed E-state index contributed by atoms with van der Waals surface area (Å²) in [5, 5.41) is 23.8. The fourth-order valence-electron chi connectivity index (χ4n) is 2.89. The van der Waals surface area contributed by atoms with Gasteiger partial charge in [-0.3, -0.25) is 0 Å². The van der Waals surface area contributed by atoms with E-state index in [-0.39, 0.29) is 13.2 Å². The van der Waals surface area contributed by atoms with E-state index in [0.717, 1.165) is 22.7 Å². The largest absolute Gasteiger partial charge is 0.491 e. The molecule has 0 fully saturated rings. The van der Waals surface area contributed by atoms with Crippen LogP contribution in [0.1, 0.15) is 5.56 Å². The van der Waals surface area contributed by atoms with E-state index in [1.54, 1.807) is 0 Å². The van der Waals surface area contributed by atoms with E-state index in [0.29, 0.717) is 13.0 Å². The minimum absolute atomic E-state index is 0.201. The molecule has 0 radical (unpaired) electrons. The predicted octanol–water partition coefficient (Wildman–Crippen LogP) is 3.52. The van der Waals surface area contributed by atoms with Gasteiger partial charge in [0.15, 0.2) is 0 Å². The van der Waals surface area contributed by atoms with E-state index < -0.39 is 12.2 Å². The first kappa shape index (κ1) is 20.7. The van der Waals surface area contributed by atoms with E-state index in [9.17, 15) is 10.2 Å². The molecule has 3 aromatic rings. The van der Waals surface area contributed by atoms with Crippen LogP contribution in [-0.4, -0.2) is 42.2 Å². The first-order valence-electron chi connectivity index (χ1n) is 9.74. The summed E-state index contributed by atoms with van der Waals surface area (Å²) >= 11 is 0. The first-order valence-corrected chi connectivity index (χ1v) is 9.74. The Labute approximate surface area is 171 Å². The molecule has 0 aliphatic heterocycles. The van der Waals surface area contributed by atoms with Crippen molar-refractivity contribution in [2.24, 2.45) is 0 Å². The lowest BCUT2D eigenvalue weighted by atomic mass is 10.1. The van der Waals surface area contributed by atoms with Crippen molar-refractivity contribution in [3.63, 3.8) is 0 Å². The minimum Gasteiger partial charge on any atom is -0.491 e. The monoisotopic (exact) mass is 393 g/mol. The van der Waals surface area contributed by atoms with E-state index in [4.69, 9.17) is 9.47 Å². The van der Waals surface area contributed by atoms with Crippen molar-refractivity contribution in [2.75, 3.05) is 25.1 Å². The Morgan fingerprint density at radius 3 is 1.79 bits per heavy atom. The number of benzene rings is 3. The second-order valence-corrected chi connectivity index (χ2v) is 6.80. The molecular weight excluding hydrogens is 366 g/mol. The molecule has 3 aromatic carbocycles. The quantitative estimate of drug-likeness (QED) is 0.465. The molecule has 0 saturated carbocycles. The van der Waals surface area contributed by atoms with Crippen LogP contribution in [0.3, 0.4) is 0 Å². The maximum Gasteiger partial charge on any atom is 0.119 e. The molecule has 5 nitrogen and oxygen atoms in total. The Morgan fingerprint density at radius 2 is 1.17 bits per heavy atom. The van der Waals surface area contributed by atoms with Crippen molar-refractivity contribution in [1.82, 2.24) is 0 Å². The van der Waals surface area contributed by atoms with Crippen LogP contribution in [0.5, 0.6) is 11.5 Å². The zero-order valence-electron chi connectivity index (χ0n) is 16.3. The molecule has 0 aliphatic carbocycles. The van der Waals surface area contributed by atoms with Crippen molar-refractivity contribution >= 4 is 5.69 Å². The number of aliphatic hydroxyl groups is 2. The molecule has 0 aromatic heterocycles. The van der Waals surface area contributed by atoms with Crippen LogP contribution in [0, 0.1) is 0 Å². The van der Waals surface area contributed by atoms with Crippen LogP contribution in [0.2, 0.25) is 0 Å². The number of ether oxygens (including phenoxy) is 2. The lowest BCUT2D eigenvalue weighted by Gasteiger charge is -2.18. The van der Waals surface area contributed by atoms with Crippen LogP contribution in [0.15, 0.2) is 84.9 Å². The molecule has 0 spiro atoms. The summed E-state index contributed by atoms with van der Waals surface area (Å²) in [4.78, 5) is 0. The number of hydrogen-bond donors (Lipinski definition) is 3. The van der Waals surface area contributed by atoms with Gasteiger partial charge in [-0.05, 0) is 35.9 Å². The third-order valence-corrected chi connectivity index (χ3v) is 4.37. The van der Waals surface area contributed by atoms with Gasteiger partial charge in [0.25, 0.3) is 0 Å². The second-order valence-electron chi connectivity index (χ2n) is 6.80. The van der Waals surface area contributed by atoms with Crippen molar-refractivity contribution in [2.45, 2.75) is 18.6 Å². The van der Waals surface area contributed by atoms with Crippen molar-refractivity contribution in [3.05, 3.63) is 90.5 Å². The maximum absolute atomic E-state index is 10.4. The summed E-state index contributed by atoms with van der Waals surface area (Å²) in [5.74, 6) is 1.47. The molecule has 0 bridgehead atoms. The number of aliphatic hydroxyl groups excluding tert-OH is 2. The van der Waals surface area contributed by atoms with Gasteiger partial charge in [0.1, 0.15) is 30.8 Å². The maximum atomic E-state index is 10.4. The normalized spacial score (nSPS) is 12.8. The third-order valence-electron chi connectivity index (χ3n) is 4.37. The molecule has 5 heteroatoms. The highest BCUT2D eigenvalue weighted by atomic mass is 16.5.